The van der Waals surface area contributed by atoms with E-state index in [1.165, 1.54) is 6.07 Å². The highest BCUT2D eigenvalue weighted by Crippen LogP contribution is 2.28. The molecule has 0 spiro atoms. The van der Waals surface area contributed by atoms with Crippen LogP contribution in [0.3, 0.4) is 0 Å². The molecule has 34 heavy (non-hydrogen) atoms. The molecule has 1 heterocycles. The topological polar surface area (TPSA) is 147 Å². The molecule has 0 bridgehead atoms. The molecule has 0 saturated carbocycles. The van der Waals surface area contributed by atoms with Crippen LogP contribution >= 0.6 is 0 Å². The first-order chi connectivity index (χ1) is 16.5. The first-order valence-electron chi connectivity index (χ1n) is 10.6. The van der Waals surface area contributed by atoms with E-state index in [1.807, 2.05) is 19.9 Å². The zero-order valence-corrected chi connectivity index (χ0v) is 18.8. The van der Waals surface area contributed by atoms with Crippen LogP contribution in [0, 0.1) is 11.3 Å². The number of ether oxygens (including phenoxy) is 3. The number of aliphatic hydroxyl groups is 1. The van der Waals surface area contributed by atoms with Crippen LogP contribution in [0.4, 0.5) is 0 Å². The third kappa shape index (κ3) is 5.83. The van der Waals surface area contributed by atoms with Crippen molar-refractivity contribution in [2.24, 2.45) is 0 Å². The quantitative estimate of drug-likeness (QED) is 0.236. The van der Waals surface area contributed by atoms with E-state index in [0.717, 1.165) is 0 Å². The second-order valence-corrected chi connectivity index (χ2v) is 6.91. The van der Waals surface area contributed by atoms with Crippen LogP contribution in [0.5, 0.6) is 11.5 Å². The molecule has 3 aromatic rings. The number of hydrogen-bond acceptors (Lipinski definition) is 8. The summed E-state index contributed by atoms with van der Waals surface area (Å²) in [4.78, 5) is 31.6. The Labute approximate surface area is 195 Å². The highest BCUT2D eigenvalue weighted by atomic mass is 16.5. The van der Waals surface area contributed by atoms with Crippen LogP contribution < -0.4 is 14.8 Å². The monoisotopic (exact) mass is 464 g/mol. The van der Waals surface area contributed by atoms with E-state index in [4.69, 9.17) is 14.2 Å². The van der Waals surface area contributed by atoms with Crippen LogP contribution in [-0.4, -0.2) is 53.3 Å². The molecule has 0 saturated heterocycles. The van der Waals surface area contributed by atoms with Gasteiger partial charge < -0.3 is 29.6 Å². The lowest BCUT2D eigenvalue weighted by Crippen LogP contribution is -2.31. The zero-order chi connectivity index (χ0) is 24.5. The smallest absolute Gasteiger partial charge is 0.325 e. The number of hydrogen-bond donors (Lipinski definition) is 3. The molecule has 10 nitrogen and oxygen atoms in total. The molecule has 0 fully saturated rings. The summed E-state index contributed by atoms with van der Waals surface area (Å²) >= 11 is 0. The highest BCUT2D eigenvalue weighted by molar-refractivity contribution is 5.96. The van der Waals surface area contributed by atoms with Gasteiger partial charge in [-0.3, -0.25) is 9.59 Å². The number of H-pyrrole nitrogens is 1. The van der Waals surface area contributed by atoms with Crippen LogP contribution in [0.25, 0.3) is 16.6 Å². The van der Waals surface area contributed by atoms with Gasteiger partial charge in [-0.2, -0.15) is 5.26 Å². The number of nitrogens with one attached hydrogen (secondary N) is 2. The number of rotatable bonds is 10. The average Bonchev–Trinajstić information content (AvgIpc) is 3.26. The number of carbonyl (C=O) groups is 2. The number of aliphatic hydroxyl groups excluding tert-OH is 1. The maximum Gasteiger partial charge on any atom is 0.325 e. The predicted molar refractivity (Wildman–Crippen MR) is 123 cm³/mol. The van der Waals surface area contributed by atoms with Gasteiger partial charge in [0.1, 0.15) is 24.8 Å². The number of esters is 1. The van der Waals surface area contributed by atoms with Crippen LogP contribution in [-0.2, 0) is 9.53 Å². The Bertz CT molecular complexity index is 1220. The average molecular weight is 464 g/mol. The number of fused-ring (bicyclic) bond motifs is 1. The maximum atomic E-state index is 12.4. The van der Waals surface area contributed by atoms with E-state index in [2.05, 4.69) is 15.3 Å². The molecule has 2 aromatic carbocycles. The molecular formula is C24H24N4O6. The van der Waals surface area contributed by atoms with Crippen LogP contribution in [0.2, 0.25) is 0 Å². The Morgan fingerprint density at radius 1 is 1.12 bits per heavy atom. The van der Waals surface area contributed by atoms with Crippen molar-refractivity contribution in [3.8, 4) is 17.6 Å². The van der Waals surface area contributed by atoms with Gasteiger partial charge in [0, 0.05) is 5.56 Å². The van der Waals surface area contributed by atoms with Crippen molar-refractivity contribution in [1.29, 1.82) is 5.26 Å². The SMILES string of the molecule is CCOc1ccc(C(=O)NCC(=O)OCC(O)=C(C#N)c2nc3ccccc3[nH]2)cc1OCC. The summed E-state index contributed by atoms with van der Waals surface area (Å²) in [6.07, 6.45) is 0. The molecule has 3 N–H and O–H groups in total. The van der Waals surface area contributed by atoms with Crippen LogP contribution in [0.1, 0.15) is 30.0 Å². The molecule has 176 valence electrons. The number of aromatic amines is 1. The summed E-state index contributed by atoms with van der Waals surface area (Å²) < 4.78 is 15.9. The summed E-state index contributed by atoms with van der Waals surface area (Å²) in [6.45, 7) is 3.51. The van der Waals surface area contributed by atoms with Gasteiger partial charge in [-0.05, 0) is 44.2 Å². The largest absolute Gasteiger partial charge is 0.507 e. The first kappa shape index (κ1) is 24.1. The zero-order valence-electron chi connectivity index (χ0n) is 18.8. The Morgan fingerprint density at radius 3 is 2.56 bits per heavy atom. The number of allylic oxidation sites excluding steroid dienone is 1. The Kier molecular flexibility index (Phi) is 8.07. The van der Waals surface area contributed by atoms with Gasteiger partial charge in [0.05, 0.1) is 24.2 Å². The fourth-order valence-corrected chi connectivity index (χ4v) is 3.04. The number of nitriles is 1. The van der Waals surface area contributed by atoms with Gasteiger partial charge in [-0.25, -0.2) is 4.98 Å². The minimum absolute atomic E-state index is 0.147. The van der Waals surface area contributed by atoms with E-state index in [0.29, 0.717) is 35.7 Å². The Hall–Kier alpha value is -4.52. The van der Waals surface area contributed by atoms with Crippen LogP contribution in [0.15, 0.2) is 48.2 Å². The van der Waals surface area contributed by atoms with Gasteiger partial charge in [0.2, 0.25) is 0 Å². The molecule has 0 aliphatic carbocycles. The molecule has 3 rings (SSSR count). The van der Waals surface area contributed by atoms with Gasteiger partial charge in [-0.15, -0.1) is 0 Å². The number of carbonyl (C=O) groups excluding carboxylic acids is 2. The van der Waals surface area contributed by atoms with Crippen molar-refractivity contribution in [1.82, 2.24) is 15.3 Å². The molecule has 0 atom stereocenters. The van der Waals surface area contributed by atoms with E-state index in [9.17, 15) is 20.0 Å². The van der Waals surface area contributed by atoms with Gasteiger partial charge in [0.15, 0.2) is 23.1 Å². The Morgan fingerprint density at radius 2 is 1.85 bits per heavy atom. The number of benzene rings is 2. The minimum atomic E-state index is -0.794. The summed E-state index contributed by atoms with van der Waals surface area (Å²) in [7, 11) is 0. The van der Waals surface area contributed by atoms with Gasteiger partial charge in [0.25, 0.3) is 5.91 Å². The summed E-state index contributed by atoms with van der Waals surface area (Å²) in [5.41, 5.74) is 1.45. The van der Waals surface area contributed by atoms with Crippen molar-refractivity contribution in [3.63, 3.8) is 0 Å². The number of nitrogens with zero attached hydrogens (tertiary/aromatic N) is 2. The standard InChI is InChI=1S/C24H24N4O6/c1-3-32-20-10-9-15(11-21(20)33-4-2)24(31)26-13-22(30)34-14-19(29)16(12-25)23-27-17-7-5-6-8-18(17)28-23/h5-11,29H,3-4,13-14H2,1-2H3,(H,26,31)(H,27,28). The first-order valence-corrected chi connectivity index (χ1v) is 10.6. The fraction of sp³-hybridized carbons (Fsp3) is 0.250. The number of imidazole rings is 1. The van der Waals surface area contributed by atoms with Crippen molar-refractivity contribution in [3.05, 3.63) is 59.6 Å². The van der Waals surface area contributed by atoms with Gasteiger partial charge >= 0.3 is 5.97 Å². The molecule has 0 aliphatic rings. The molecular weight excluding hydrogens is 440 g/mol. The third-order valence-electron chi connectivity index (χ3n) is 4.60. The van der Waals surface area contributed by atoms with Crippen molar-refractivity contribution in [2.75, 3.05) is 26.4 Å². The number of amides is 1. The van der Waals surface area contributed by atoms with E-state index in [1.54, 1.807) is 36.4 Å². The molecule has 0 unspecified atom stereocenters. The molecule has 10 heteroatoms. The molecule has 0 radical (unpaired) electrons. The highest BCUT2D eigenvalue weighted by Gasteiger charge is 2.16. The van der Waals surface area contributed by atoms with E-state index in [-0.39, 0.29) is 17.0 Å². The van der Waals surface area contributed by atoms with Crippen molar-refractivity contribution < 1.29 is 28.9 Å². The molecule has 0 aliphatic heterocycles. The summed E-state index contributed by atoms with van der Waals surface area (Å²) in [5.74, 6) is -0.677. The summed E-state index contributed by atoms with van der Waals surface area (Å²) in [5, 5.41) is 22.1. The predicted octanol–water partition coefficient (Wildman–Crippen LogP) is 3.13. The van der Waals surface area contributed by atoms with Crippen molar-refractivity contribution in [2.45, 2.75) is 13.8 Å². The lowest BCUT2D eigenvalue weighted by atomic mass is 10.2. The fourth-order valence-electron chi connectivity index (χ4n) is 3.04. The number of para-hydroxylation sites is 2. The molecule has 1 aromatic heterocycles. The Balaban J connectivity index is 1.58. The maximum absolute atomic E-state index is 12.4. The normalized spacial score (nSPS) is 11.3. The minimum Gasteiger partial charge on any atom is -0.507 e. The second-order valence-electron chi connectivity index (χ2n) is 6.91. The van der Waals surface area contributed by atoms with Crippen molar-refractivity contribution >= 4 is 28.5 Å². The lowest BCUT2D eigenvalue weighted by Gasteiger charge is -2.12. The van der Waals surface area contributed by atoms with E-state index >= 15 is 0 Å². The van der Waals surface area contributed by atoms with E-state index < -0.39 is 30.8 Å². The van der Waals surface area contributed by atoms with Gasteiger partial charge in [-0.1, -0.05) is 12.1 Å². The second kappa shape index (κ2) is 11.4. The summed E-state index contributed by atoms with van der Waals surface area (Å²) in [6, 6.07) is 13.7. The molecule has 1 amide bonds. The number of aromatic nitrogens is 2. The third-order valence-corrected chi connectivity index (χ3v) is 4.60. The lowest BCUT2D eigenvalue weighted by molar-refractivity contribution is -0.142.